The smallest absolute Gasteiger partial charge is 0.161 e. The van der Waals surface area contributed by atoms with Crippen molar-refractivity contribution in [2.75, 3.05) is 0 Å². The Hall–Kier alpha value is -3.82. The largest absolute Gasteiger partial charge is 0.228 e. The van der Waals surface area contributed by atoms with E-state index in [0.717, 1.165) is 59.9 Å². The van der Waals surface area contributed by atoms with Crippen LogP contribution in [0.3, 0.4) is 0 Å². The summed E-state index contributed by atoms with van der Waals surface area (Å²) in [6.07, 6.45) is 0. The molecule has 3 heteroatoms. The van der Waals surface area contributed by atoms with Crippen molar-refractivity contribution in [1.82, 2.24) is 9.97 Å². The summed E-state index contributed by atoms with van der Waals surface area (Å²) in [4.78, 5) is 10.2. The monoisotopic (exact) mass is 486 g/mol. The van der Waals surface area contributed by atoms with Crippen LogP contribution in [0.25, 0.3) is 55.4 Å². The van der Waals surface area contributed by atoms with Gasteiger partial charge in [0.15, 0.2) is 5.82 Å². The SMILES string of the molecule is Brc1c2ccccc2c(-c2nc(-c3ccccc3)cc(-c3ccccc3)n2)c2ccccc12. The lowest BCUT2D eigenvalue weighted by molar-refractivity contribution is 1.19. The van der Waals surface area contributed by atoms with Crippen LogP contribution in [-0.4, -0.2) is 9.97 Å². The quantitative estimate of drug-likeness (QED) is 0.234. The molecule has 0 saturated heterocycles. The van der Waals surface area contributed by atoms with E-state index in [4.69, 9.17) is 9.97 Å². The average molecular weight is 487 g/mol. The topological polar surface area (TPSA) is 25.8 Å². The number of hydrogen-bond donors (Lipinski definition) is 0. The second-order valence-electron chi connectivity index (χ2n) is 7.97. The molecule has 0 unspecified atom stereocenters. The lowest BCUT2D eigenvalue weighted by atomic mass is 9.95. The average Bonchev–Trinajstić information content (AvgIpc) is 2.90. The Kier molecular flexibility index (Phi) is 4.97. The van der Waals surface area contributed by atoms with Gasteiger partial charge in [0.25, 0.3) is 0 Å². The third-order valence-electron chi connectivity index (χ3n) is 5.95. The van der Waals surface area contributed by atoms with E-state index in [1.165, 1.54) is 0 Å². The van der Waals surface area contributed by atoms with Gasteiger partial charge in [0.05, 0.1) is 11.4 Å². The molecule has 0 amide bonds. The fourth-order valence-electron chi connectivity index (χ4n) is 4.39. The van der Waals surface area contributed by atoms with Gasteiger partial charge in [0.1, 0.15) is 0 Å². The van der Waals surface area contributed by atoms with Crippen LogP contribution in [0.4, 0.5) is 0 Å². The Labute approximate surface area is 200 Å². The van der Waals surface area contributed by atoms with Gasteiger partial charge < -0.3 is 0 Å². The molecule has 0 aliphatic heterocycles. The zero-order chi connectivity index (χ0) is 22.2. The molecule has 0 spiro atoms. The highest BCUT2D eigenvalue weighted by atomic mass is 79.9. The summed E-state index contributed by atoms with van der Waals surface area (Å²) in [6, 6.07) is 39.6. The van der Waals surface area contributed by atoms with Crippen molar-refractivity contribution in [2.24, 2.45) is 0 Å². The standard InChI is InChI=1S/C30H19BrN2/c31-29-24-17-9-7-15-22(24)28(23-16-8-10-18-25(23)29)30-32-26(20-11-3-1-4-12-20)19-27(33-30)21-13-5-2-6-14-21/h1-19H. The zero-order valence-corrected chi connectivity index (χ0v) is 19.3. The van der Waals surface area contributed by atoms with Crippen LogP contribution in [0.1, 0.15) is 0 Å². The number of nitrogens with zero attached hydrogens (tertiary/aromatic N) is 2. The van der Waals surface area contributed by atoms with E-state index in [9.17, 15) is 0 Å². The van der Waals surface area contributed by atoms with Crippen molar-refractivity contribution in [3.8, 4) is 33.9 Å². The van der Waals surface area contributed by atoms with Crippen molar-refractivity contribution in [2.45, 2.75) is 0 Å². The van der Waals surface area contributed by atoms with Crippen LogP contribution in [0, 0.1) is 0 Å². The van der Waals surface area contributed by atoms with Gasteiger partial charge in [0, 0.05) is 21.2 Å². The highest BCUT2D eigenvalue weighted by Gasteiger charge is 2.18. The first-order valence-electron chi connectivity index (χ1n) is 10.9. The van der Waals surface area contributed by atoms with Crippen LogP contribution < -0.4 is 0 Å². The Morgan fingerprint density at radius 2 is 0.848 bits per heavy atom. The van der Waals surface area contributed by atoms with Crippen molar-refractivity contribution >= 4 is 37.5 Å². The second kappa shape index (κ2) is 8.27. The normalized spacial score (nSPS) is 11.2. The Morgan fingerprint density at radius 1 is 0.455 bits per heavy atom. The van der Waals surface area contributed by atoms with Gasteiger partial charge in [0.2, 0.25) is 0 Å². The zero-order valence-electron chi connectivity index (χ0n) is 17.7. The molecule has 6 rings (SSSR count). The van der Waals surface area contributed by atoms with Gasteiger partial charge in [-0.15, -0.1) is 0 Å². The molecular weight excluding hydrogens is 468 g/mol. The molecule has 2 nitrogen and oxygen atoms in total. The summed E-state index contributed by atoms with van der Waals surface area (Å²) in [5.74, 6) is 0.732. The maximum absolute atomic E-state index is 5.10. The third kappa shape index (κ3) is 3.51. The van der Waals surface area contributed by atoms with E-state index < -0.39 is 0 Å². The maximum atomic E-state index is 5.10. The Bertz CT molecular complexity index is 1490. The molecule has 6 aromatic rings. The van der Waals surface area contributed by atoms with E-state index >= 15 is 0 Å². The molecule has 0 atom stereocenters. The van der Waals surface area contributed by atoms with Gasteiger partial charge >= 0.3 is 0 Å². The summed E-state index contributed by atoms with van der Waals surface area (Å²) in [7, 11) is 0. The first kappa shape index (κ1) is 19.8. The van der Waals surface area contributed by atoms with Crippen LogP contribution in [0.15, 0.2) is 120 Å². The molecule has 156 valence electrons. The second-order valence-corrected chi connectivity index (χ2v) is 8.77. The molecule has 5 aromatic carbocycles. The summed E-state index contributed by atoms with van der Waals surface area (Å²) >= 11 is 3.85. The van der Waals surface area contributed by atoms with Crippen molar-refractivity contribution in [1.29, 1.82) is 0 Å². The van der Waals surface area contributed by atoms with Crippen molar-refractivity contribution in [3.05, 3.63) is 120 Å². The lowest BCUT2D eigenvalue weighted by Crippen LogP contribution is -1.97. The lowest BCUT2D eigenvalue weighted by Gasteiger charge is -2.15. The van der Waals surface area contributed by atoms with Gasteiger partial charge in [-0.3, -0.25) is 0 Å². The van der Waals surface area contributed by atoms with Crippen LogP contribution in [-0.2, 0) is 0 Å². The van der Waals surface area contributed by atoms with E-state index in [2.05, 4.69) is 94.8 Å². The van der Waals surface area contributed by atoms with E-state index in [-0.39, 0.29) is 0 Å². The predicted octanol–water partition coefficient (Wildman–Crippen LogP) is 8.55. The highest BCUT2D eigenvalue weighted by Crippen LogP contribution is 2.41. The molecule has 0 bridgehead atoms. The first-order valence-corrected chi connectivity index (χ1v) is 11.7. The van der Waals surface area contributed by atoms with Gasteiger partial charge in [-0.05, 0) is 43.5 Å². The molecule has 0 fully saturated rings. The minimum atomic E-state index is 0.732. The summed E-state index contributed by atoms with van der Waals surface area (Å²) < 4.78 is 1.10. The van der Waals surface area contributed by atoms with Gasteiger partial charge in [-0.1, -0.05) is 109 Å². The first-order chi connectivity index (χ1) is 16.3. The van der Waals surface area contributed by atoms with Crippen molar-refractivity contribution < 1.29 is 0 Å². The predicted molar refractivity (Wildman–Crippen MR) is 141 cm³/mol. The van der Waals surface area contributed by atoms with Crippen LogP contribution in [0.2, 0.25) is 0 Å². The van der Waals surface area contributed by atoms with Gasteiger partial charge in [-0.25, -0.2) is 9.97 Å². The summed E-state index contributed by atoms with van der Waals surface area (Å²) in [6.45, 7) is 0. The highest BCUT2D eigenvalue weighted by molar-refractivity contribution is 9.10. The van der Waals surface area contributed by atoms with E-state index in [0.29, 0.717) is 0 Å². The number of benzene rings is 5. The van der Waals surface area contributed by atoms with E-state index in [1.807, 2.05) is 36.4 Å². The molecule has 0 radical (unpaired) electrons. The minimum Gasteiger partial charge on any atom is -0.228 e. The van der Waals surface area contributed by atoms with Crippen LogP contribution in [0.5, 0.6) is 0 Å². The number of halogens is 1. The molecule has 1 aromatic heterocycles. The molecule has 0 aliphatic carbocycles. The Morgan fingerprint density at radius 3 is 1.30 bits per heavy atom. The molecule has 0 saturated carbocycles. The summed E-state index contributed by atoms with van der Waals surface area (Å²) in [5.41, 5.74) is 5.03. The van der Waals surface area contributed by atoms with Crippen molar-refractivity contribution in [3.63, 3.8) is 0 Å². The molecule has 0 aliphatic rings. The van der Waals surface area contributed by atoms with E-state index in [1.54, 1.807) is 0 Å². The number of fused-ring (bicyclic) bond motifs is 2. The number of hydrogen-bond acceptors (Lipinski definition) is 2. The molecule has 0 N–H and O–H groups in total. The molecule has 33 heavy (non-hydrogen) atoms. The van der Waals surface area contributed by atoms with Crippen LogP contribution >= 0.6 is 15.9 Å². The fourth-order valence-corrected chi connectivity index (χ4v) is 5.08. The molecular formula is C30H19BrN2. The number of rotatable bonds is 3. The third-order valence-corrected chi connectivity index (χ3v) is 6.81. The van der Waals surface area contributed by atoms with Gasteiger partial charge in [-0.2, -0.15) is 0 Å². The molecule has 1 heterocycles. The maximum Gasteiger partial charge on any atom is 0.161 e. The summed E-state index contributed by atoms with van der Waals surface area (Å²) in [5, 5.41) is 4.57. The Balaban J connectivity index is 1.73. The minimum absolute atomic E-state index is 0.732. The number of aromatic nitrogens is 2. The fraction of sp³-hybridized carbons (Fsp3) is 0.